The summed E-state index contributed by atoms with van der Waals surface area (Å²) in [6.07, 6.45) is 2.16. The third-order valence-electron chi connectivity index (χ3n) is 4.84. The molecule has 1 unspecified atom stereocenters. The molecule has 28 heavy (non-hydrogen) atoms. The zero-order chi connectivity index (χ0) is 20.1. The molecular formula is C21H24ClN3O3. The first-order valence-electron chi connectivity index (χ1n) is 9.37. The second-order valence-electron chi connectivity index (χ2n) is 7.02. The highest BCUT2D eigenvalue weighted by atomic mass is 35.5. The van der Waals surface area contributed by atoms with Gasteiger partial charge in [-0.15, -0.1) is 0 Å². The van der Waals surface area contributed by atoms with Crippen LogP contribution in [0, 0.1) is 12.8 Å². The van der Waals surface area contributed by atoms with Gasteiger partial charge in [0.2, 0.25) is 5.91 Å². The number of rotatable bonds is 5. The van der Waals surface area contributed by atoms with E-state index in [1.165, 1.54) is 6.20 Å². The fraction of sp³-hybridized carbons (Fsp3) is 0.381. The van der Waals surface area contributed by atoms with E-state index in [9.17, 15) is 9.59 Å². The summed E-state index contributed by atoms with van der Waals surface area (Å²) in [5.74, 6) is 0.878. The van der Waals surface area contributed by atoms with Crippen LogP contribution in [0.2, 0.25) is 5.02 Å². The lowest BCUT2D eigenvalue weighted by atomic mass is 9.95. The Hall–Kier alpha value is -2.60. The number of carbonyl (C=O) groups excluding carboxylic acids is 2. The van der Waals surface area contributed by atoms with Crippen molar-refractivity contribution in [3.63, 3.8) is 0 Å². The predicted octanol–water partition coefficient (Wildman–Crippen LogP) is 3.69. The summed E-state index contributed by atoms with van der Waals surface area (Å²) in [5, 5.41) is 3.33. The van der Waals surface area contributed by atoms with E-state index in [0.717, 1.165) is 5.56 Å². The number of hydrogen-bond donors (Lipinski definition) is 1. The number of likely N-dealkylation sites (tertiary alicyclic amines) is 1. The van der Waals surface area contributed by atoms with Crippen molar-refractivity contribution < 1.29 is 14.3 Å². The van der Waals surface area contributed by atoms with Crippen molar-refractivity contribution in [1.29, 1.82) is 0 Å². The van der Waals surface area contributed by atoms with Crippen LogP contribution < -0.4 is 10.1 Å². The van der Waals surface area contributed by atoms with Crippen LogP contribution in [-0.2, 0) is 9.59 Å². The van der Waals surface area contributed by atoms with Gasteiger partial charge in [0.1, 0.15) is 11.6 Å². The topological polar surface area (TPSA) is 71.5 Å². The SMILES string of the molecule is Cc1ccc(OC(C)C(=O)N2CCC(C(=O)Nc3ccc(Cl)cn3)CC2)cc1. The molecule has 2 amide bonds. The van der Waals surface area contributed by atoms with Crippen LogP contribution in [0.3, 0.4) is 0 Å². The van der Waals surface area contributed by atoms with Crippen molar-refractivity contribution in [3.05, 3.63) is 53.2 Å². The highest BCUT2D eigenvalue weighted by molar-refractivity contribution is 6.30. The van der Waals surface area contributed by atoms with E-state index in [1.54, 1.807) is 24.0 Å². The third-order valence-corrected chi connectivity index (χ3v) is 5.06. The lowest BCUT2D eigenvalue weighted by Crippen LogP contribution is -2.46. The van der Waals surface area contributed by atoms with Crippen LogP contribution in [0.15, 0.2) is 42.6 Å². The number of benzene rings is 1. The molecule has 3 rings (SSSR count). The van der Waals surface area contributed by atoms with E-state index in [0.29, 0.717) is 42.5 Å². The Morgan fingerprint density at radius 2 is 1.86 bits per heavy atom. The van der Waals surface area contributed by atoms with Gasteiger partial charge in [-0.25, -0.2) is 4.98 Å². The average Bonchev–Trinajstić information content (AvgIpc) is 2.71. The molecule has 2 aromatic rings. The number of aryl methyl sites for hydroxylation is 1. The molecule has 0 aliphatic carbocycles. The summed E-state index contributed by atoms with van der Waals surface area (Å²) < 4.78 is 5.76. The smallest absolute Gasteiger partial charge is 0.263 e. The number of ether oxygens (including phenoxy) is 1. The maximum atomic E-state index is 12.6. The predicted molar refractivity (Wildman–Crippen MR) is 108 cm³/mol. The minimum atomic E-state index is -0.564. The number of anilines is 1. The molecule has 0 spiro atoms. The lowest BCUT2D eigenvalue weighted by Gasteiger charge is -2.32. The number of carbonyl (C=O) groups is 2. The molecule has 148 valence electrons. The van der Waals surface area contributed by atoms with Crippen molar-refractivity contribution >= 4 is 29.2 Å². The molecule has 0 saturated carbocycles. The Labute approximate surface area is 169 Å². The molecule has 1 fully saturated rings. The number of pyridine rings is 1. The Kier molecular flexibility index (Phi) is 6.52. The van der Waals surface area contributed by atoms with Crippen LogP contribution in [0.5, 0.6) is 5.75 Å². The van der Waals surface area contributed by atoms with Crippen LogP contribution in [0.4, 0.5) is 5.82 Å². The molecule has 1 N–H and O–H groups in total. The summed E-state index contributed by atoms with van der Waals surface area (Å²) in [4.78, 5) is 30.9. The zero-order valence-corrected chi connectivity index (χ0v) is 16.8. The molecule has 6 nitrogen and oxygen atoms in total. The van der Waals surface area contributed by atoms with Crippen LogP contribution in [-0.4, -0.2) is 40.9 Å². The molecule has 2 heterocycles. The third kappa shape index (κ3) is 5.23. The van der Waals surface area contributed by atoms with Gasteiger partial charge in [-0.2, -0.15) is 0 Å². The molecule has 1 aliphatic heterocycles. The molecule has 1 aromatic carbocycles. The Morgan fingerprint density at radius 3 is 2.46 bits per heavy atom. The van der Waals surface area contributed by atoms with Crippen LogP contribution >= 0.6 is 11.6 Å². The van der Waals surface area contributed by atoms with Gasteiger partial charge in [0.15, 0.2) is 6.10 Å². The minimum Gasteiger partial charge on any atom is -0.481 e. The van der Waals surface area contributed by atoms with Crippen LogP contribution in [0.25, 0.3) is 0 Å². The molecule has 0 radical (unpaired) electrons. The number of amides is 2. The summed E-state index contributed by atoms with van der Waals surface area (Å²) >= 11 is 5.80. The summed E-state index contributed by atoms with van der Waals surface area (Å²) in [6, 6.07) is 11.0. The number of aromatic nitrogens is 1. The van der Waals surface area contributed by atoms with Crippen LogP contribution in [0.1, 0.15) is 25.3 Å². The van der Waals surface area contributed by atoms with E-state index in [2.05, 4.69) is 10.3 Å². The summed E-state index contributed by atoms with van der Waals surface area (Å²) in [6.45, 7) is 4.83. The molecule has 1 atom stereocenters. The molecule has 1 saturated heterocycles. The Balaban J connectivity index is 1.48. The van der Waals surface area contributed by atoms with Crippen molar-refractivity contribution in [1.82, 2.24) is 9.88 Å². The highest BCUT2D eigenvalue weighted by Gasteiger charge is 2.30. The Morgan fingerprint density at radius 1 is 1.18 bits per heavy atom. The van der Waals surface area contributed by atoms with Crippen molar-refractivity contribution in [3.8, 4) is 5.75 Å². The van der Waals surface area contributed by atoms with Crippen molar-refractivity contribution in [2.75, 3.05) is 18.4 Å². The quantitative estimate of drug-likeness (QED) is 0.829. The highest BCUT2D eigenvalue weighted by Crippen LogP contribution is 2.21. The second kappa shape index (κ2) is 9.06. The number of halogens is 1. The van der Waals surface area contributed by atoms with Gasteiger partial charge in [0, 0.05) is 25.2 Å². The fourth-order valence-electron chi connectivity index (χ4n) is 3.17. The first-order valence-corrected chi connectivity index (χ1v) is 9.74. The van der Waals surface area contributed by atoms with Gasteiger partial charge in [0.25, 0.3) is 5.91 Å². The average molecular weight is 402 g/mol. The molecule has 0 bridgehead atoms. The zero-order valence-electron chi connectivity index (χ0n) is 16.0. The van der Waals surface area contributed by atoms with E-state index >= 15 is 0 Å². The van der Waals surface area contributed by atoms with Gasteiger partial charge in [0.05, 0.1) is 5.02 Å². The normalized spacial score (nSPS) is 15.8. The van der Waals surface area contributed by atoms with E-state index in [1.807, 2.05) is 31.2 Å². The van der Waals surface area contributed by atoms with E-state index < -0.39 is 6.10 Å². The fourth-order valence-corrected chi connectivity index (χ4v) is 3.28. The first kappa shape index (κ1) is 20.1. The van der Waals surface area contributed by atoms with E-state index in [4.69, 9.17) is 16.3 Å². The standard InChI is InChI=1S/C21H24ClN3O3/c1-14-3-6-18(7-4-14)28-15(2)21(27)25-11-9-16(10-12-25)20(26)24-19-8-5-17(22)13-23-19/h3-8,13,15-16H,9-12H2,1-2H3,(H,23,24,26). The van der Waals surface area contributed by atoms with E-state index in [-0.39, 0.29) is 17.7 Å². The maximum absolute atomic E-state index is 12.6. The lowest BCUT2D eigenvalue weighted by molar-refractivity contribution is -0.140. The number of nitrogens with one attached hydrogen (secondary N) is 1. The molecule has 1 aliphatic rings. The molecule has 1 aromatic heterocycles. The van der Waals surface area contributed by atoms with Gasteiger partial charge >= 0.3 is 0 Å². The van der Waals surface area contributed by atoms with Gasteiger partial charge in [-0.05, 0) is 51.0 Å². The molecular weight excluding hydrogens is 378 g/mol. The Bertz CT molecular complexity index is 816. The number of hydrogen-bond acceptors (Lipinski definition) is 4. The van der Waals surface area contributed by atoms with Gasteiger partial charge in [-0.1, -0.05) is 29.3 Å². The number of piperidine rings is 1. The first-order chi connectivity index (χ1) is 13.4. The van der Waals surface area contributed by atoms with Crippen molar-refractivity contribution in [2.24, 2.45) is 5.92 Å². The monoisotopic (exact) mass is 401 g/mol. The van der Waals surface area contributed by atoms with Crippen molar-refractivity contribution in [2.45, 2.75) is 32.8 Å². The van der Waals surface area contributed by atoms with Gasteiger partial charge < -0.3 is 15.0 Å². The summed E-state index contributed by atoms with van der Waals surface area (Å²) in [7, 11) is 0. The summed E-state index contributed by atoms with van der Waals surface area (Å²) in [5.41, 5.74) is 1.14. The second-order valence-corrected chi connectivity index (χ2v) is 7.46. The number of nitrogens with zero attached hydrogens (tertiary/aromatic N) is 2. The maximum Gasteiger partial charge on any atom is 0.263 e. The largest absolute Gasteiger partial charge is 0.481 e. The van der Waals surface area contributed by atoms with Gasteiger partial charge in [-0.3, -0.25) is 9.59 Å². The minimum absolute atomic E-state index is 0.0567. The molecule has 7 heteroatoms.